The van der Waals surface area contributed by atoms with Crippen LogP contribution in [0, 0.1) is 0 Å². The second-order valence-corrected chi connectivity index (χ2v) is 12.5. The standard InChI is InChI=1S/C36H41NO5Si/c1-4-39-43(40-5-2,41-6-3)28-16-27-37-36(38)42-33-25-23-32(24-26-33)35(31-21-14-9-15-22-31)34(29-17-10-7-11-18-29)30-19-12-8-13-20-30/h7-15,17-26H,4-6,16,27-28H2,1-3H3,(H,37,38). The number of benzene rings is 4. The van der Waals surface area contributed by atoms with E-state index in [-0.39, 0.29) is 0 Å². The summed E-state index contributed by atoms with van der Waals surface area (Å²) in [5.41, 5.74) is 6.59. The predicted octanol–water partition coefficient (Wildman–Crippen LogP) is 8.22. The molecule has 0 bridgehead atoms. The maximum atomic E-state index is 12.6. The largest absolute Gasteiger partial charge is 0.500 e. The molecule has 0 fully saturated rings. The third kappa shape index (κ3) is 8.99. The van der Waals surface area contributed by atoms with Crippen molar-refractivity contribution in [3.05, 3.63) is 138 Å². The number of rotatable bonds is 15. The van der Waals surface area contributed by atoms with Crippen LogP contribution in [0.1, 0.15) is 49.4 Å². The number of nitrogens with one attached hydrogen (secondary N) is 1. The minimum atomic E-state index is -2.74. The van der Waals surface area contributed by atoms with Crippen LogP contribution >= 0.6 is 0 Å². The molecule has 4 aromatic carbocycles. The fourth-order valence-corrected chi connectivity index (χ4v) is 7.67. The summed E-state index contributed by atoms with van der Waals surface area (Å²) < 4.78 is 23.3. The smallest absolute Gasteiger partial charge is 0.410 e. The first kappa shape index (κ1) is 31.9. The lowest BCUT2D eigenvalue weighted by Gasteiger charge is -2.28. The van der Waals surface area contributed by atoms with Crippen molar-refractivity contribution in [1.29, 1.82) is 0 Å². The van der Waals surface area contributed by atoms with Gasteiger partial charge in [0.2, 0.25) is 0 Å². The highest BCUT2D eigenvalue weighted by Gasteiger charge is 2.39. The summed E-state index contributed by atoms with van der Waals surface area (Å²) in [5.74, 6) is 0.469. The van der Waals surface area contributed by atoms with Gasteiger partial charge in [-0.25, -0.2) is 4.79 Å². The maximum absolute atomic E-state index is 12.6. The summed E-state index contributed by atoms with van der Waals surface area (Å²) in [7, 11) is -2.74. The molecule has 0 aliphatic heterocycles. The van der Waals surface area contributed by atoms with Crippen molar-refractivity contribution < 1.29 is 22.8 Å². The number of hydrogen-bond donors (Lipinski definition) is 1. The highest BCUT2D eigenvalue weighted by Crippen LogP contribution is 2.37. The zero-order valence-electron chi connectivity index (χ0n) is 25.3. The first-order valence-electron chi connectivity index (χ1n) is 15.0. The normalized spacial score (nSPS) is 11.1. The third-order valence-corrected chi connectivity index (χ3v) is 9.96. The van der Waals surface area contributed by atoms with E-state index in [2.05, 4.69) is 78.1 Å². The minimum absolute atomic E-state index is 0.428. The number of amides is 1. The van der Waals surface area contributed by atoms with Gasteiger partial charge in [0.15, 0.2) is 0 Å². The van der Waals surface area contributed by atoms with E-state index in [1.807, 2.05) is 63.2 Å². The number of carbonyl (C=O) groups is 1. The Morgan fingerprint density at radius 1 is 0.581 bits per heavy atom. The van der Waals surface area contributed by atoms with Gasteiger partial charge in [0, 0.05) is 32.4 Å². The van der Waals surface area contributed by atoms with Gasteiger partial charge in [0.1, 0.15) is 5.75 Å². The average Bonchev–Trinajstić information content (AvgIpc) is 3.04. The van der Waals surface area contributed by atoms with E-state index in [0.717, 1.165) is 33.4 Å². The first-order valence-corrected chi connectivity index (χ1v) is 16.9. The van der Waals surface area contributed by atoms with Gasteiger partial charge in [-0.2, -0.15) is 0 Å². The summed E-state index contributed by atoms with van der Waals surface area (Å²) in [6.07, 6.45) is 0.157. The molecule has 0 saturated carbocycles. The van der Waals surface area contributed by atoms with Crippen LogP contribution in [0.2, 0.25) is 6.04 Å². The first-order chi connectivity index (χ1) is 21.1. The lowest BCUT2D eigenvalue weighted by Crippen LogP contribution is -2.46. The molecule has 1 amide bonds. The van der Waals surface area contributed by atoms with Crippen LogP contribution in [0.4, 0.5) is 4.79 Å². The molecule has 0 spiro atoms. The highest BCUT2D eigenvalue weighted by molar-refractivity contribution is 6.60. The van der Waals surface area contributed by atoms with Crippen LogP contribution in [0.25, 0.3) is 11.1 Å². The molecule has 224 valence electrons. The lowest BCUT2D eigenvalue weighted by molar-refractivity contribution is 0.0708. The molecule has 0 radical (unpaired) electrons. The quantitative estimate of drug-likeness (QED) is 0.0852. The molecular weight excluding hydrogens is 554 g/mol. The van der Waals surface area contributed by atoms with Crippen molar-refractivity contribution in [2.75, 3.05) is 26.4 Å². The van der Waals surface area contributed by atoms with Gasteiger partial charge in [0.25, 0.3) is 0 Å². The average molecular weight is 596 g/mol. The van der Waals surface area contributed by atoms with Crippen molar-refractivity contribution in [3.8, 4) is 5.75 Å². The van der Waals surface area contributed by atoms with Crippen LogP contribution in [0.15, 0.2) is 115 Å². The predicted molar refractivity (Wildman–Crippen MR) is 175 cm³/mol. The van der Waals surface area contributed by atoms with Crippen LogP contribution in [-0.4, -0.2) is 41.3 Å². The van der Waals surface area contributed by atoms with Crippen LogP contribution in [0.5, 0.6) is 5.75 Å². The van der Waals surface area contributed by atoms with Crippen molar-refractivity contribution in [3.63, 3.8) is 0 Å². The van der Waals surface area contributed by atoms with Crippen molar-refractivity contribution in [1.82, 2.24) is 5.32 Å². The maximum Gasteiger partial charge on any atom is 0.500 e. The lowest BCUT2D eigenvalue weighted by atomic mass is 9.86. The van der Waals surface area contributed by atoms with Gasteiger partial charge in [-0.05, 0) is 72.7 Å². The molecule has 0 aliphatic rings. The molecule has 4 rings (SSSR count). The molecule has 7 heteroatoms. The van der Waals surface area contributed by atoms with Gasteiger partial charge in [0.05, 0.1) is 0 Å². The van der Waals surface area contributed by atoms with Crippen molar-refractivity contribution in [2.24, 2.45) is 0 Å². The molecule has 0 aromatic heterocycles. The summed E-state index contributed by atoms with van der Waals surface area (Å²) in [5, 5.41) is 2.84. The Bertz CT molecular complexity index is 1370. The SMILES string of the molecule is CCO[Si](CCCNC(=O)Oc1ccc(C(=C(c2ccccc2)c2ccccc2)c2ccccc2)cc1)(OCC)OCC. The zero-order valence-corrected chi connectivity index (χ0v) is 26.3. The third-order valence-electron chi connectivity index (χ3n) is 6.81. The second-order valence-electron chi connectivity index (χ2n) is 9.77. The fraction of sp³-hybridized carbons (Fsp3) is 0.250. The summed E-state index contributed by atoms with van der Waals surface area (Å²) in [4.78, 5) is 12.6. The van der Waals surface area contributed by atoms with E-state index in [1.54, 1.807) is 0 Å². The number of ether oxygens (including phenoxy) is 1. The summed E-state index contributed by atoms with van der Waals surface area (Å²) >= 11 is 0. The zero-order chi connectivity index (χ0) is 30.3. The topological polar surface area (TPSA) is 66.0 Å². The van der Waals surface area contributed by atoms with E-state index >= 15 is 0 Å². The number of hydrogen-bond acceptors (Lipinski definition) is 5. The van der Waals surface area contributed by atoms with E-state index in [1.165, 1.54) is 0 Å². The Balaban J connectivity index is 1.52. The van der Waals surface area contributed by atoms with Crippen LogP contribution in [-0.2, 0) is 13.3 Å². The fourth-order valence-electron chi connectivity index (χ4n) is 5.05. The van der Waals surface area contributed by atoms with Gasteiger partial charge < -0.3 is 23.3 Å². The molecule has 43 heavy (non-hydrogen) atoms. The minimum Gasteiger partial charge on any atom is -0.410 e. The molecule has 6 nitrogen and oxygen atoms in total. The summed E-state index contributed by atoms with van der Waals surface area (Å²) in [6.45, 7) is 7.80. The summed E-state index contributed by atoms with van der Waals surface area (Å²) in [6, 6.07) is 39.5. The van der Waals surface area contributed by atoms with Crippen LogP contribution in [0.3, 0.4) is 0 Å². The van der Waals surface area contributed by atoms with Crippen LogP contribution < -0.4 is 10.1 Å². The Morgan fingerprint density at radius 2 is 0.977 bits per heavy atom. The van der Waals surface area contributed by atoms with Gasteiger partial charge in [-0.3, -0.25) is 0 Å². The molecule has 1 N–H and O–H groups in total. The second kappa shape index (κ2) is 16.6. The molecule has 4 aromatic rings. The Morgan fingerprint density at radius 3 is 1.37 bits per heavy atom. The van der Waals surface area contributed by atoms with E-state index in [0.29, 0.717) is 44.6 Å². The molecule has 0 aliphatic carbocycles. The molecular formula is C36H41NO5Si. The van der Waals surface area contributed by atoms with Crippen molar-refractivity contribution >= 4 is 26.0 Å². The van der Waals surface area contributed by atoms with E-state index in [9.17, 15) is 4.79 Å². The van der Waals surface area contributed by atoms with Gasteiger partial charge >= 0.3 is 14.9 Å². The Labute approximate surface area is 256 Å². The molecule has 0 heterocycles. The van der Waals surface area contributed by atoms with E-state index in [4.69, 9.17) is 18.0 Å². The molecule has 0 saturated heterocycles. The Kier molecular flexibility index (Phi) is 12.3. The van der Waals surface area contributed by atoms with E-state index < -0.39 is 14.9 Å². The van der Waals surface area contributed by atoms with Gasteiger partial charge in [-0.1, -0.05) is 103 Å². The highest BCUT2D eigenvalue weighted by atomic mass is 28.4. The Hall–Kier alpha value is -4.01. The molecule has 0 unspecified atom stereocenters. The monoisotopic (exact) mass is 595 g/mol. The molecule has 0 atom stereocenters. The van der Waals surface area contributed by atoms with Crippen molar-refractivity contribution in [2.45, 2.75) is 33.2 Å². The number of carbonyl (C=O) groups excluding carboxylic acids is 1. The van der Waals surface area contributed by atoms with Gasteiger partial charge in [-0.15, -0.1) is 0 Å².